The van der Waals surface area contributed by atoms with Crippen LogP contribution >= 0.6 is 23.2 Å². The van der Waals surface area contributed by atoms with E-state index in [4.69, 9.17) is 28.3 Å². The average Bonchev–Trinajstić information content (AvgIpc) is 3.03. The van der Waals surface area contributed by atoms with E-state index >= 15 is 0 Å². The smallest absolute Gasteiger partial charge is 0.272 e. The summed E-state index contributed by atoms with van der Waals surface area (Å²) in [5.41, 5.74) is 3.18. The van der Waals surface area contributed by atoms with Crippen molar-refractivity contribution in [1.82, 2.24) is 9.99 Å². The molecule has 7 heteroatoms. The largest absolute Gasteiger partial charge is 0.321 e. The Morgan fingerprint density at radius 3 is 2.82 bits per heavy atom. The second kappa shape index (κ2) is 8.10. The van der Waals surface area contributed by atoms with Crippen LogP contribution in [0.1, 0.15) is 36.9 Å². The number of anilines is 1. The zero-order valence-electron chi connectivity index (χ0n) is 15.7. The molecule has 2 heterocycles. The van der Waals surface area contributed by atoms with E-state index in [-0.39, 0.29) is 17.9 Å². The highest BCUT2D eigenvalue weighted by Crippen LogP contribution is 2.36. The molecule has 2 aliphatic rings. The van der Waals surface area contributed by atoms with Crippen molar-refractivity contribution >= 4 is 40.5 Å². The Kier molecular flexibility index (Phi) is 5.56. The van der Waals surface area contributed by atoms with Gasteiger partial charge in [-0.25, -0.2) is 0 Å². The SMILES string of the molecule is Cc1cc(NC(=O)C2=NN(Cc3ccc(Cl)cc3Cl)C3CCCCC23)ccn1. The molecule has 1 aromatic heterocycles. The molecule has 2 aromatic rings. The summed E-state index contributed by atoms with van der Waals surface area (Å²) in [5, 5.41) is 11.0. The van der Waals surface area contributed by atoms with Crippen molar-refractivity contribution in [3.8, 4) is 0 Å². The summed E-state index contributed by atoms with van der Waals surface area (Å²) in [6.45, 7) is 2.47. The minimum absolute atomic E-state index is 0.132. The van der Waals surface area contributed by atoms with Gasteiger partial charge in [0.15, 0.2) is 0 Å². The van der Waals surface area contributed by atoms with E-state index in [0.29, 0.717) is 22.3 Å². The molecule has 1 N–H and O–H groups in total. The van der Waals surface area contributed by atoms with Gasteiger partial charge in [0, 0.05) is 33.5 Å². The maximum Gasteiger partial charge on any atom is 0.272 e. The summed E-state index contributed by atoms with van der Waals surface area (Å²) in [6.07, 6.45) is 5.98. The number of pyridine rings is 1. The molecule has 1 fully saturated rings. The van der Waals surface area contributed by atoms with Gasteiger partial charge in [0.2, 0.25) is 0 Å². The number of amides is 1. The summed E-state index contributed by atoms with van der Waals surface area (Å²) >= 11 is 12.4. The van der Waals surface area contributed by atoms with Crippen LogP contribution in [0.5, 0.6) is 0 Å². The normalized spacial score (nSPS) is 21.2. The predicted molar refractivity (Wildman–Crippen MR) is 113 cm³/mol. The Hall–Kier alpha value is -2.11. The van der Waals surface area contributed by atoms with Gasteiger partial charge in [-0.15, -0.1) is 0 Å². The number of carbonyl (C=O) groups excluding carboxylic acids is 1. The lowest BCUT2D eigenvalue weighted by atomic mass is 9.82. The first-order chi connectivity index (χ1) is 13.5. The Morgan fingerprint density at radius 2 is 2.04 bits per heavy atom. The molecule has 1 aromatic carbocycles. The Balaban J connectivity index is 1.56. The first-order valence-corrected chi connectivity index (χ1v) is 10.3. The van der Waals surface area contributed by atoms with E-state index in [0.717, 1.165) is 42.6 Å². The van der Waals surface area contributed by atoms with Crippen molar-refractivity contribution in [3.05, 3.63) is 57.8 Å². The van der Waals surface area contributed by atoms with Gasteiger partial charge in [-0.1, -0.05) is 42.1 Å². The molecule has 4 rings (SSSR count). The van der Waals surface area contributed by atoms with Crippen LogP contribution in [0.25, 0.3) is 0 Å². The molecule has 0 radical (unpaired) electrons. The maximum atomic E-state index is 13.0. The second-order valence-corrected chi connectivity index (χ2v) is 8.26. The topological polar surface area (TPSA) is 57.6 Å². The fourth-order valence-electron chi connectivity index (χ4n) is 4.08. The second-order valence-electron chi connectivity index (χ2n) is 7.42. The van der Waals surface area contributed by atoms with Crippen LogP contribution in [0.3, 0.4) is 0 Å². The van der Waals surface area contributed by atoms with Crippen LogP contribution in [-0.2, 0) is 11.3 Å². The zero-order valence-corrected chi connectivity index (χ0v) is 17.2. The number of halogens is 2. The fourth-order valence-corrected chi connectivity index (χ4v) is 4.55. The molecule has 0 spiro atoms. The van der Waals surface area contributed by atoms with Gasteiger partial charge >= 0.3 is 0 Å². The molecule has 1 aliphatic heterocycles. The number of hydrogen-bond donors (Lipinski definition) is 1. The lowest BCUT2D eigenvalue weighted by Gasteiger charge is -2.31. The van der Waals surface area contributed by atoms with Crippen molar-refractivity contribution in [3.63, 3.8) is 0 Å². The fraction of sp³-hybridized carbons (Fsp3) is 0.381. The van der Waals surface area contributed by atoms with Gasteiger partial charge in [0.25, 0.3) is 5.91 Å². The summed E-state index contributed by atoms with van der Waals surface area (Å²) < 4.78 is 0. The van der Waals surface area contributed by atoms with Gasteiger partial charge in [-0.2, -0.15) is 5.10 Å². The van der Waals surface area contributed by atoms with E-state index < -0.39 is 0 Å². The monoisotopic (exact) mass is 416 g/mol. The number of aryl methyl sites for hydroxylation is 1. The number of nitrogens with zero attached hydrogens (tertiary/aromatic N) is 3. The van der Waals surface area contributed by atoms with E-state index in [1.165, 1.54) is 0 Å². The van der Waals surface area contributed by atoms with E-state index in [1.807, 2.05) is 30.1 Å². The Morgan fingerprint density at radius 1 is 1.21 bits per heavy atom. The van der Waals surface area contributed by atoms with Crippen LogP contribution in [0.15, 0.2) is 41.6 Å². The maximum absolute atomic E-state index is 13.0. The van der Waals surface area contributed by atoms with Crippen LogP contribution in [-0.4, -0.2) is 27.7 Å². The highest BCUT2D eigenvalue weighted by atomic mass is 35.5. The van der Waals surface area contributed by atoms with Crippen molar-refractivity contribution in [2.24, 2.45) is 11.0 Å². The zero-order chi connectivity index (χ0) is 19.7. The van der Waals surface area contributed by atoms with Gasteiger partial charge in [-0.3, -0.25) is 14.8 Å². The molecular weight excluding hydrogens is 395 g/mol. The molecule has 5 nitrogen and oxygen atoms in total. The standard InChI is InChI=1S/C21H22Cl2N4O/c1-13-10-16(8-9-24-13)25-21(28)20-17-4-2-3-5-19(17)27(26-20)12-14-6-7-15(22)11-18(14)23/h6-11,17,19H,2-5,12H2,1H3,(H,24,25,28). The average molecular weight is 417 g/mol. The van der Waals surface area contributed by atoms with Crippen LogP contribution in [0.2, 0.25) is 10.0 Å². The predicted octanol–water partition coefficient (Wildman–Crippen LogP) is 5.07. The first-order valence-electron chi connectivity index (χ1n) is 9.54. The van der Waals surface area contributed by atoms with E-state index in [9.17, 15) is 4.79 Å². The van der Waals surface area contributed by atoms with Crippen molar-refractivity contribution < 1.29 is 4.79 Å². The molecule has 0 saturated heterocycles. The quantitative estimate of drug-likeness (QED) is 0.756. The van der Waals surface area contributed by atoms with Crippen LogP contribution < -0.4 is 5.32 Å². The van der Waals surface area contributed by atoms with Gasteiger partial charge in [0.1, 0.15) is 5.71 Å². The lowest BCUT2D eigenvalue weighted by molar-refractivity contribution is -0.110. The number of benzene rings is 1. The summed E-state index contributed by atoms with van der Waals surface area (Å²) in [5.74, 6) is 0.0231. The number of aromatic nitrogens is 1. The van der Waals surface area contributed by atoms with Gasteiger partial charge < -0.3 is 5.32 Å². The Bertz CT molecular complexity index is 930. The number of carbonyl (C=O) groups is 1. The highest BCUT2D eigenvalue weighted by molar-refractivity contribution is 6.44. The molecule has 1 aliphatic carbocycles. The molecular formula is C21H22Cl2N4O. The van der Waals surface area contributed by atoms with Crippen LogP contribution in [0, 0.1) is 12.8 Å². The van der Waals surface area contributed by atoms with E-state index in [1.54, 1.807) is 18.3 Å². The summed E-state index contributed by atoms with van der Waals surface area (Å²) in [4.78, 5) is 17.1. The number of hydrogen-bond acceptors (Lipinski definition) is 4. The third-order valence-electron chi connectivity index (χ3n) is 5.43. The number of rotatable bonds is 4. The van der Waals surface area contributed by atoms with Crippen molar-refractivity contribution in [2.45, 2.75) is 45.2 Å². The third-order valence-corrected chi connectivity index (χ3v) is 6.02. The molecule has 146 valence electrons. The highest BCUT2D eigenvalue weighted by Gasteiger charge is 2.41. The van der Waals surface area contributed by atoms with Gasteiger partial charge in [0.05, 0.1) is 12.6 Å². The molecule has 1 saturated carbocycles. The number of fused-ring (bicyclic) bond motifs is 1. The van der Waals surface area contributed by atoms with Gasteiger partial charge in [-0.05, 0) is 49.6 Å². The molecule has 28 heavy (non-hydrogen) atoms. The minimum Gasteiger partial charge on any atom is -0.321 e. The Labute approximate surface area is 174 Å². The van der Waals surface area contributed by atoms with Crippen molar-refractivity contribution in [1.29, 1.82) is 0 Å². The molecule has 0 bridgehead atoms. The van der Waals surface area contributed by atoms with Crippen LogP contribution in [0.4, 0.5) is 5.69 Å². The minimum atomic E-state index is -0.132. The number of hydrazone groups is 1. The third kappa shape index (κ3) is 4.01. The molecule has 1 amide bonds. The lowest BCUT2D eigenvalue weighted by Crippen LogP contribution is -2.38. The summed E-state index contributed by atoms with van der Waals surface area (Å²) in [7, 11) is 0. The molecule has 2 atom stereocenters. The summed E-state index contributed by atoms with van der Waals surface area (Å²) in [6, 6.07) is 9.40. The number of nitrogens with one attached hydrogen (secondary N) is 1. The van der Waals surface area contributed by atoms with Crippen molar-refractivity contribution in [2.75, 3.05) is 5.32 Å². The van der Waals surface area contributed by atoms with E-state index in [2.05, 4.69) is 10.3 Å². The first kappa shape index (κ1) is 19.2. The molecule has 2 unspecified atom stereocenters.